The van der Waals surface area contributed by atoms with Crippen molar-refractivity contribution >= 4 is 0 Å². The summed E-state index contributed by atoms with van der Waals surface area (Å²) in [6.07, 6.45) is 13.2. The summed E-state index contributed by atoms with van der Waals surface area (Å²) in [5, 5.41) is 11.9. The normalized spacial score (nSPS) is 32.4. The standard InChI is InChI=1S/C35H70N6O/c1-27-21-28(40-17-19-42-20-18-40)22-31(36-27)41(30-25-34(6,7)38-35(8,9)26-30)16-14-12-11-13-15-39(10)29-23-32(2,3)37-33(4,5)24-29/h27-31,36-38H,11-26H2,1-10H3. The number of morpholine rings is 1. The molecule has 0 saturated carbocycles. The summed E-state index contributed by atoms with van der Waals surface area (Å²) in [5.74, 6) is 0. The summed E-state index contributed by atoms with van der Waals surface area (Å²) in [4.78, 5) is 8.32. The first-order valence-corrected chi connectivity index (χ1v) is 17.7. The summed E-state index contributed by atoms with van der Waals surface area (Å²) < 4.78 is 5.70. The summed E-state index contributed by atoms with van der Waals surface area (Å²) in [7, 11) is 2.37. The van der Waals surface area contributed by atoms with Crippen LogP contribution < -0.4 is 16.0 Å². The van der Waals surface area contributed by atoms with Crippen molar-refractivity contribution in [2.24, 2.45) is 0 Å². The molecular weight excluding hydrogens is 520 g/mol. The van der Waals surface area contributed by atoms with Gasteiger partial charge in [0.2, 0.25) is 0 Å². The minimum Gasteiger partial charge on any atom is -0.379 e. The summed E-state index contributed by atoms with van der Waals surface area (Å²) >= 11 is 0. The molecule has 4 rings (SSSR count). The van der Waals surface area contributed by atoms with Crippen LogP contribution in [-0.2, 0) is 4.74 Å². The van der Waals surface area contributed by atoms with E-state index in [1.54, 1.807) is 0 Å². The average molecular weight is 591 g/mol. The van der Waals surface area contributed by atoms with E-state index in [1.165, 1.54) is 77.3 Å². The lowest BCUT2D eigenvalue weighted by molar-refractivity contribution is -0.0310. The minimum atomic E-state index is 0.164. The smallest absolute Gasteiger partial charge is 0.0616 e. The van der Waals surface area contributed by atoms with Crippen LogP contribution in [0.2, 0.25) is 0 Å². The predicted octanol–water partition coefficient (Wildman–Crippen LogP) is 5.20. The highest BCUT2D eigenvalue weighted by atomic mass is 16.5. The zero-order valence-corrected chi connectivity index (χ0v) is 29.5. The quantitative estimate of drug-likeness (QED) is 0.286. The summed E-state index contributed by atoms with van der Waals surface area (Å²) in [6.45, 7) is 28.0. The number of nitrogens with one attached hydrogen (secondary N) is 3. The zero-order valence-electron chi connectivity index (χ0n) is 29.5. The minimum absolute atomic E-state index is 0.164. The van der Waals surface area contributed by atoms with Crippen LogP contribution in [0.4, 0.5) is 0 Å². The van der Waals surface area contributed by atoms with Gasteiger partial charge in [-0.3, -0.25) is 15.1 Å². The second kappa shape index (κ2) is 14.0. The zero-order chi connectivity index (χ0) is 30.8. The van der Waals surface area contributed by atoms with Crippen molar-refractivity contribution in [2.45, 2.75) is 179 Å². The number of hydrogen-bond donors (Lipinski definition) is 3. The third-order valence-electron chi connectivity index (χ3n) is 10.7. The van der Waals surface area contributed by atoms with Gasteiger partial charge in [0, 0.05) is 59.4 Å². The summed E-state index contributed by atoms with van der Waals surface area (Å²) in [6, 6.07) is 2.52. The number of rotatable bonds is 11. The van der Waals surface area contributed by atoms with Crippen molar-refractivity contribution in [3.8, 4) is 0 Å². The van der Waals surface area contributed by atoms with Gasteiger partial charge in [0.15, 0.2) is 0 Å². The predicted molar refractivity (Wildman–Crippen MR) is 178 cm³/mol. The van der Waals surface area contributed by atoms with Gasteiger partial charge in [-0.05, 0) is 134 Å². The maximum Gasteiger partial charge on any atom is 0.0616 e. The number of hydrogen-bond acceptors (Lipinski definition) is 7. The van der Waals surface area contributed by atoms with Crippen LogP contribution in [0.15, 0.2) is 0 Å². The van der Waals surface area contributed by atoms with E-state index in [2.05, 4.69) is 100 Å². The van der Waals surface area contributed by atoms with Gasteiger partial charge in [-0.25, -0.2) is 0 Å². The maximum atomic E-state index is 5.70. The first-order valence-electron chi connectivity index (χ1n) is 17.7. The molecule has 4 fully saturated rings. The third-order valence-corrected chi connectivity index (χ3v) is 10.7. The molecule has 3 atom stereocenters. The van der Waals surface area contributed by atoms with E-state index in [4.69, 9.17) is 4.74 Å². The SMILES string of the molecule is CC1CC(N2CCOCC2)CC(N(CCCCCCN(C)C2CC(C)(C)NC(C)(C)C2)C2CC(C)(C)NC(C)(C)C2)N1. The number of unbranched alkanes of at least 4 members (excludes halogenated alkanes) is 3. The van der Waals surface area contributed by atoms with Crippen molar-refractivity contribution < 1.29 is 4.74 Å². The Morgan fingerprint density at radius 1 is 0.690 bits per heavy atom. The number of nitrogens with zero attached hydrogens (tertiary/aromatic N) is 3. The molecule has 0 aromatic heterocycles. The van der Waals surface area contributed by atoms with Gasteiger partial charge in [0.25, 0.3) is 0 Å². The fraction of sp³-hybridized carbons (Fsp3) is 1.00. The van der Waals surface area contributed by atoms with E-state index in [9.17, 15) is 0 Å². The van der Waals surface area contributed by atoms with Crippen LogP contribution >= 0.6 is 0 Å². The molecule has 0 aliphatic carbocycles. The van der Waals surface area contributed by atoms with Gasteiger partial charge >= 0.3 is 0 Å². The van der Waals surface area contributed by atoms with Crippen molar-refractivity contribution in [2.75, 3.05) is 46.4 Å². The van der Waals surface area contributed by atoms with Gasteiger partial charge < -0.3 is 20.3 Å². The topological polar surface area (TPSA) is 55.0 Å². The lowest BCUT2D eigenvalue weighted by atomic mass is 9.78. The first-order chi connectivity index (χ1) is 19.5. The van der Waals surface area contributed by atoms with Crippen LogP contribution in [0.5, 0.6) is 0 Å². The fourth-order valence-electron chi connectivity index (χ4n) is 9.57. The van der Waals surface area contributed by atoms with Crippen LogP contribution in [0.3, 0.4) is 0 Å². The molecular formula is C35H70N6O. The monoisotopic (exact) mass is 591 g/mol. The molecule has 3 unspecified atom stereocenters. The molecule has 0 bridgehead atoms. The van der Waals surface area contributed by atoms with Crippen LogP contribution in [-0.4, -0.2) is 114 Å². The highest BCUT2D eigenvalue weighted by Gasteiger charge is 2.43. The van der Waals surface area contributed by atoms with E-state index in [-0.39, 0.29) is 22.2 Å². The van der Waals surface area contributed by atoms with E-state index in [0.29, 0.717) is 30.3 Å². The first kappa shape index (κ1) is 34.6. The third kappa shape index (κ3) is 10.1. The Hall–Kier alpha value is -0.280. The number of ether oxygens (including phenoxy) is 1. The second-order valence-electron chi connectivity index (χ2n) is 17.4. The Kier molecular flexibility index (Phi) is 11.5. The molecule has 7 nitrogen and oxygen atoms in total. The second-order valence-corrected chi connectivity index (χ2v) is 17.4. The maximum absolute atomic E-state index is 5.70. The molecule has 0 radical (unpaired) electrons. The Bertz CT molecular complexity index is 805. The van der Waals surface area contributed by atoms with E-state index in [1.807, 2.05) is 0 Å². The van der Waals surface area contributed by atoms with E-state index < -0.39 is 0 Å². The molecule has 42 heavy (non-hydrogen) atoms. The molecule has 0 amide bonds. The van der Waals surface area contributed by atoms with Crippen molar-refractivity contribution in [1.82, 2.24) is 30.7 Å². The average Bonchev–Trinajstić information content (AvgIpc) is 2.84. The molecule has 7 heteroatoms. The molecule has 0 spiro atoms. The highest BCUT2D eigenvalue weighted by Crippen LogP contribution is 2.35. The van der Waals surface area contributed by atoms with Crippen molar-refractivity contribution in [3.05, 3.63) is 0 Å². The van der Waals surface area contributed by atoms with Crippen LogP contribution in [0.1, 0.15) is 127 Å². The largest absolute Gasteiger partial charge is 0.379 e. The van der Waals surface area contributed by atoms with E-state index in [0.717, 1.165) is 26.3 Å². The van der Waals surface area contributed by atoms with E-state index >= 15 is 0 Å². The molecule has 3 N–H and O–H groups in total. The highest BCUT2D eigenvalue weighted by molar-refractivity contribution is 5.03. The van der Waals surface area contributed by atoms with Gasteiger partial charge in [0.05, 0.1) is 19.4 Å². The number of piperidine rings is 3. The summed E-state index contributed by atoms with van der Waals surface area (Å²) in [5.41, 5.74) is 0.758. The molecule has 4 aliphatic heterocycles. The van der Waals surface area contributed by atoms with Crippen LogP contribution in [0.25, 0.3) is 0 Å². The Morgan fingerprint density at radius 3 is 1.74 bits per heavy atom. The van der Waals surface area contributed by atoms with Gasteiger partial charge in [-0.15, -0.1) is 0 Å². The fourth-order valence-corrected chi connectivity index (χ4v) is 9.57. The van der Waals surface area contributed by atoms with Gasteiger partial charge in [-0.1, -0.05) is 12.8 Å². The van der Waals surface area contributed by atoms with Crippen molar-refractivity contribution in [1.29, 1.82) is 0 Å². The lowest BCUT2D eigenvalue weighted by Crippen LogP contribution is -2.66. The lowest BCUT2D eigenvalue weighted by Gasteiger charge is -2.53. The Labute approximate surface area is 260 Å². The Balaban J connectivity index is 1.33. The molecule has 4 heterocycles. The molecule has 4 aliphatic rings. The molecule has 0 aromatic rings. The van der Waals surface area contributed by atoms with Gasteiger partial charge in [-0.2, -0.15) is 0 Å². The van der Waals surface area contributed by atoms with Crippen LogP contribution in [0, 0.1) is 0 Å². The molecule has 0 aromatic carbocycles. The van der Waals surface area contributed by atoms with Gasteiger partial charge in [0.1, 0.15) is 0 Å². The Morgan fingerprint density at radius 2 is 1.19 bits per heavy atom. The van der Waals surface area contributed by atoms with Crippen molar-refractivity contribution in [3.63, 3.8) is 0 Å². The molecule has 246 valence electrons. The molecule has 4 saturated heterocycles.